The molecular formula is C3H6N2O. The number of allylic oxidation sites excluding steroid dienone is 1. The van der Waals surface area contributed by atoms with Gasteiger partial charge in [-0.25, -0.2) is 0 Å². The molecule has 1 rings (SSSR count). The van der Waals surface area contributed by atoms with Crippen molar-refractivity contribution in [1.82, 2.24) is 0 Å². The summed E-state index contributed by atoms with van der Waals surface area (Å²) in [6, 6.07) is 0. The predicted molar refractivity (Wildman–Crippen MR) is 21.5 cm³/mol. The summed E-state index contributed by atoms with van der Waals surface area (Å²) in [7, 11) is 0. The Labute approximate surface area is 35.7 Å². The minimum atomic E-state index is 0. The summed E-state index contributed by atoms with van der Waals surface area (Å²) >= 11 is 0. The van der Waals surface area contributed by atoms with E-state index in [0.29, 0.717) is 0 Å². The van der Waals surface area contributed by atoms with E-state index in [4.69, 9.17) is 0 Å². The molecule has 0 atom stereocenters. The van der Waals surface area contributed by atoms with Gasteiger partial charge in [-0.1, -0.05) is 5.10 Å². The van der Waals surface area contributed by atoms with E-state index in [0.717, 1.165) is 0 Å². The fourth-order valence-corrected chi connectivity index (χ4v) is 0.248. The van der Waals surface area contributed by atoms with Crippen molar-refractivity contribution in [2.75, 3.05) is 0 Å². The van der Waals surface area contributed by atoms with Crippen LogP contribution in [0.15, 0.2) is 17.4 Å². The maximum absolute atomic E-state index is 3.72. The Morgan fingerprint density at radius 3 is 2.50 bits per heavy atom. The molecule has 0 unspecified atom stereocenters. The minimum Gasteiger partial charge on any atom is -0.870 e. The van der Waals surface area contributed by atoms with Gasteiger partial charge in [0.15, 0.2) is 0 Å². The second-order valence-electron chi connectivity index (χ2n) is 0.832. The van der Waals surface area contributed by atoms with Crippen molar-refractivity contribution in [3.05, 3.63) is 12.3 Å². The van der Waals surface area contributed by atoms with Crippen LogP contribution < -0.4 is 5.43 Å². The Morgan fingerprint density at radius 2 is 2.33 bits per heavy atom. The number of hydrogen-bond donors (Lipinski definition) is 1. The summed E-state index contributed by atoms with van der Waals surface area (Å²) in [5.41, 5.74) is 1.75. The topological polar surface area (TPSA) is 59.0 Å². The number of quaternary nitrogens is 1. The average molecular weight is 86.1 g/mol. The number of nitrogens with two attached hydrogens (primary N) is 1. The molecule has 1 aliphatic rings. The van der Waals surface area contributed by atoms with Crippen LogP contribution in [0.3, 0.4) is 0 Å². The van der Waals surface area contributed by atoms with Crippen LogP contribution in [0.25, 0.3) is 0 Å². The van der Waals surface area contributed by atoms with Gasteiger partial charge >= 0.3 is 0 Å². The van der Waals surface area contributed by atoms with Gasteiger partial charge in [0.25, 0.3) is 0 Å². The van der Waals surface area contributed by atoms with Crippen LogP contribution in [-0.4, -0.2) is 11.7 Å². The summed E-state index contributed by atoms with van der Waals surface area (Å²) in [6.07, 6.45) is 5.53. The number of hydrogen-bond acceptors (Lipinski definition) is 2. The lowest BCUT2D eigenvalue weighted by atomic mass is 10.7. The molecule has 0 aromatic heterocycles. The van der Waals surface area contributed by atoms with E-state index < -0.39 is 0 Å². The van der Waals surface area contributed by atoms with Crippen LogP contribution in [0, 0.1) is 0 Å². The third kappa shape index (κ3) is 0.964. The maximum atomic E-state index is 3.72. The highest BCUT2D eigenvalue weighted by Crippen LogP contribution is 1.57. The normalized spacial score (nSPS) is 14.7. The molecule has 0 radical (unpaired) electrons. The van der Waals surface area contributed by atoms with Gasteiger partial charge in [-0.05, 0) is 0 Å². The van der Waals surface area contributed by atoms with Gasteiger partial charge in [0.05, 0.1) is 6.21 Å². The van der Waals surface area contributed by atoms with Crippen molar-refractivity contribution < 1.29 is 10.9 Å². The first-order chi connectivity index (χ1) is 2.50. The van der Waals surface area contributed by atoms with Crippen LogP contribution >= 0.6 is 0 Å². The van der Waals surface area contributed by atoms with Gasteiger partial charge in [0.2, 0.25) is 0 Å². The summed E-state index contributed by atoms with van der Waals surface area (Å²) in [6.45, 7) is 0. The molecule has 1 aliphatic heterocycles. The lowest BCUT2D eigenvalue weighted by Crippen LogP contribution is -2.69. The third-order valence-corrected chi connectivity index (χ3v) is 0.455. The van der Waals surface area contributed by atoms with E-state index in [1.54, 1.807) is 11.6 Å². The standard InChI is InChI=1S/C3H4N2.H2O/c1-2-4-5-3-1;/h1-3H,(H,4,5);1H2. The smallest absolute Gasteiger partial charge is 0.121 e. The van der Waals surface area contributed by atoms with Crippen molar-refractivity contribution in [2.45, 2.75) is 0 Å². The highest BCUT2D eigenvalue weighted by atomic mass is 16.0. The van der Waals surface area contributed by atoms with E-state index in [9.17, 15) is 0 Å². The highest BCUT2D eigenvalue weighted by Gasteiger charge is 1.76. The molecule has 0 saturated heterocycles. The molecular weight excluding hydrogens is 80.0 g/mol. The number of nitrogens with zero attached hydrogens (tertiary/aromatic N) is 1. The minimum absolute atomic E-state index is 0. The summed E-state index contributed by atoms with van der Waals surface area (Å²) < 4.78 is 0. The first-order valence-electron chi connectivity index (χ1n) is 1.52. The molecule has 0 spiro atoms. The fraction of sp³-hybridized carbons (Fsp3) is 0. The van der Waals surface area contributed by atoms with Gasteiger partial charge in [-0.15, -0.1) is 0 Å². The zero-order valence-electron chi connectivity index (χ0n) is 3.20. The van der Waals surface area contributed by atoms with E-state index in [2.05, 4.69) is 5.10 Å². The second kappa shape index (κ2) is 2.56. The zero-order valence-corrected chi connectivity index (χ0v) is 3.20. The first kappa shape index (κ1) is 5.33. The molecule has 0 amide bonds. The SMILES string of the molecule is C1=C[NH2+]N=C1.[OH-]. The summed E-state index contributed by atoms with van der Waals surface area (Å²) in [4.78, 5) is 0. The van der Waals surface area contributed by atoms with Crippen molar-refractivity contribution in [3.63, 3.8) is 0 Å². The van der Waals surface area contributed by atoms with Crippen LogP contribution in [-0.2, 0) is 0 Å². The van der Waals surface area contributed by atoms with Crippen LogP contribution in [0.2, 0.25) is 0 Å². The first-order valence-corrected chi connectivity index (χ1v) is 1.52. The van der Waals surface area contributed by atoms with E-state index in [-0.39, 0.29) is 5.48 Å². The Morgan fingerprint density at radius 1 is 1.50 bits per heavy atom. The average Bonchev–Trinajstić information content (AvgIpc) is 1.76. The lowest BCUT2D eigenvalue weighted by Gasteiger charge is -1.60. The lowest BCUT2D eigenvalue weighted by molar-refractivity contribution is -0.589. The molecule has 3 nitrogen and oxygen atoms in total. The maximum Gasteiger partial charge on any atom is 0.121 e. The molecule has 1 heterocycles. The molecule has 3 N–H and O–H groups in total. The van der Waals surface area contributed by atoms with Crippen molar-refractivity contribution in [2.24, 2.45) is 5.10 Å². The Hall–Kier alpha value is -0.670. The number of rotatable bonds is 0. The Kier molecular flexibility index (Phi) is 2.27. The predicted octanol–water partition coefficient (Wildman–Crippen LogP) is -1.11. The summed E-state index contributed by atoms with van der Waals surface area (Å²) in [5.74, 6) is 0. The molecule has 0 aromatic rings. The van der Waals surface area contributed by atoms with Crippen LogP contribution in [0.4, 0.5) is 0 Å². The molecule has 0 saturated carbocycles. The molecule has 0 aliphatic carbocycles. The summed E-state index contributed by atoms with van der Waals surface area (Å²) in [5, 5.41) is 3.72. The zero-order chi connectivity index (χ0) is 3.54. The van der Waals surface area contributed by atoms with Gasteiger partial charge in [0, 0.05) is 6.08 Å². The third-order valence-electron chi connectivity index (χ3n) is 0.455. The van der Waals surface area contributed by atoms with Gasteiger partial charge in [-0.3, -0.25) is 0 Å². The largest absolute Gasteiger partial charge is 0.870 e. The molecule has 34 valence electrons. The second-order valence-corrected chi connectivity index (χ2v) is 0.832. The molecule has 6 heavy (non-hydrogen) atoms. The molecule has 0 bridgehead atoms. The van der Waals surface area contributed by atoms with Crippen LogP contribution in [0.5, 0.6) is 0 Å². The molecule has 0 fully saturated rings. The van der Waals surface area contributed by atoms with Gasteiger partial charge < -0.3 is 5.48 Å². The highest BCUT2D eigenvalue weighted by molar-refractivity contribution is 5.70. The monoisotopic (exact) mass is 86.0 g/mol. The Bertz CT molecular complexity index is 66.9. The van der Waals surface area contributed by atoms with Gasteiger partial charge in [0.1, 0.15) is 6.20 Å². The van der Waals surface area contributed by atoms with Crippen molar-refractivity contribution in [1.29, 1.82) is 0 Å². The molecule has 0 aromatic carbocycles. The molecule has 3 heteroatoms. The Balaban J connectivity index is 0.000000250. The van der Waals surface area contributed by atoms with Crippen LogP contribution in [0.1, 0.15) is 0 Å². The van der Waals surface area contributed by atoms with Crippen molar-refractivity contribution >= 4 is 6.21 Å². The van der Waals surface area contributed by atoms with E-state index in [1.807, 2.05) is 12.3 Å². The fourth-order valence-electron chi connectivity index (χ4n) is 0.248. The van der Waals surface area contributed by atoms with E-state index in [1.165, 1.54) is 0 Å². The van der Waals surface area contributed by atoms with Crippen molar-refractivity contribution in [3.8, 4) is 0 Å². The van der Waals surface area contributed by atoms with E-state index >= 15 is 0 Å². The van der Waals surface area contributed by atoms with Gasteiger partial charge in [-0.2, -0.15) is 5.43 Å². The quantitative estimate of drug-likeness (QED) is 0.373.